The van der Waals surface area contributed by atoms with Gasteiger partial charge in [0.05, 0.1) is 17.9 Å². The molecule has 0 radical (unpaired) electrons. The van der Waals surface area contributed by atoms with Crippen molar-refractivity contribution in [2.45, 2.75) is 19.6 Å². The van der Waals surface area contributed by atoms with Crippen molar-refractivity contribution in [1.82, 2.24) is 9.88 Å². The summed E-state index contributed by atoms with van der Waals surface area (Å²) in [5.74, 6) is 0.0889. The number of carbonyl (C=O) groups excluding carboxylic acids is 1. The monoisotopic (exact) mass is 459 g/mol. The number of carbonyl (C=O) groups is 1. The summed E-state index contributed by atoms with van der Waals surface area (Å²) in [5.41, 5.74) is 6.29. The number of nitrogens with zero attached hydrogens (tertiary/aromatic N) is 2. The summed E-state index contributed by atoms with van der Waals surface area (Å²) in [6, 6.07) is 15.1. The van der Waals surface area contributed by atoms with Gasteiger partial charge in [-0.15, -0.1) is 0 Å². The van der Waals surface area contributed by atoms with E-state index in [-0.39, 0.29) is 18.8 Å². The number of halogens is 3. The van der Waals surface area contributed by atoms with E-state index in [1.807, 2.05) is 11.8 Å². The highest BCUT2D eigenvalue weighted by Gasteiger charge is 2.31. The second-order valence-electron chi connectivity index (χ2n) is 7.31. The summed E-state index contributed by atoms with van der Waals surface area (Å²) in [5, 5.41) is 9.22. The smallest absolute Gasteiger partial charge is 0.416 e. The van der Waals surface area contributed by atoms with E-state index >= 15 is 0 Å². The van der Waals surface area contributed by atoms with Crippen LogP contribution in [0.2, 0.25) is 0 Å². The molecule has 0 saturated carbocycles. The molecule has 0 fully saturated rings. The quantitative estimate of drug-likeness (QED) is 0.493. The van der Waals surface area contributed by atoms with Crippen molar-refractivity contribution in [3.05, 3.63) is 77.5 Å². The Bertz CT molecular complexity index is 1100. The van der Waals surface area contributed by atoms with Crippen LogP contribution in [0, 0.1) is 0 Å². The van der Waals surface area contributed by atoms with Gasteiger partial charge in [-0.2, -0.15) is 13.2 Å². The Labute approximate surface area is 189 Å². The third kappa shape index (κ3) is 6.30. The molecule has 3 aromatic rings. The van der Waals surface area contributed by atoms with Gasteiger partial charge in [0.15, 0.2) is 0 Å². The lowest BCUT2D eigenvalue weighted by molar-refractivity contribution is -0.137. The van der Waals surface area contributed by atoms with E-state index in [2.05, 4.69) is 4.98 Å². The third-order valence-electron chi connectivity index (χ3n) is 5.02. The number of aliphatic hydroxyl groups is 1. The largest absolute Gasteiger partial charge is 0.457 e. The Morgan fingerprint density at radius 1 is 1.12 bits per heavy atom. The molecule has 6 nitrogen and oxygen atoms in total. The number of pyridine rings is 1. The molecule has 0 aliphatic heterocycles. The van der Waals surface area contributed by atoms with Gasteiger partial charge in [-0.1, -0.05) is 13.0 Å². The Morgan fingerprint density at radius 2 is 1.85 bits per heavy atom. The zero-order valence-electron chi connectivity index (χ0n) is 18.0. The van der Waals surface area contributed by atoms with Crippen molar-refractivity contribution in [3.63, 3.8) is 0 Å². The van der Waals surface area contributed by atoms with Gasteiger partial charge in [-0.3, -0.25) is 9.69 Å². The first-order chi connectivity index (χ1) is 15.7. The van der Waals surface area contributed by atoms with Crippen LogP contribution in [0.4, 0.5) is 13.2 Å². The van der Waals surface area contributed by atoms with Crippen LogP contribution < -0.4 is 10.5 Å². The van der Waals surface area contributed by atoms with Gasteiger partial charge in [0.1, 0.15) is 17.2 Å². The van der Waals surface area contributed by atoms with Crippen molar-refractivity contribution in [3.8, 4) is 22.8 Å². The standard InChI is InChI=1S/C24H24F3N3O3/c1-2-30(12-13-31)15-17-14-18(24(25,26)27)8-11-22(17)33-19-9-6-16(7-10-19)20-4-3-5-21(29-20)23(28)32/h3-11,14,31H,2,12-13,15H2,1H3,(H2,28,32). The first-order valence-corrected chi connectivity index (χ1v) is 10.3. The van der Waals surface area contributed by atoms with Crippen LogP contribution in [0.5, 0.6) is 11.5 Å². The number of nitrogens with two attached hydrogens (primary N) is 1. The number of hydrogen-bond acceptors (Lipinski definition) is 5. The fraction of sp³-hybridized carbons (Fsp3) is 0.250. The highest BCUT2D eigenvalue weighted by Crippen LogP contribution is 2.35. The highest BCUT2D eigenvalue weighted by molar-refractivity contribution is 5.91. The van der Waals surface area contributed by atoms with Gasteiger partial charge in [-0.05, 0) is 61.1 Å². The van der Waals surface area contributed by atoms with E-state index in [4.69, 9.17) is 10.5 Å². The fourth-order valence-electron chi connectivity index (χ4n) is 3.26. The number of primary amides is 1. The number of benzene rings is 2. The maximum atomic E-state index is 13.2. The highest BCUT2D eigenvalue weighted by atomic mass is 19.4. The molecule has 1 heterocycles. The average Bonchev–Trinajstić information content (AvgIpc) is 2.79. The summed E-state index contributed by atoms with van der Waals surface area (Å²) in [4.78, 5) is 17.4. The average molecular weight is 459 g/mol. The second-order valence-corrected chi connectivity index (χ2v) is 7.31. The minimum Gasteiger partial charge on any atom is -0.457 e. The van der Waals surface area contributed by atoms with E-state index in [1.54, 1.807) is 36.4 Å². The van der Waals surface area contributed by atoms with Crippen molar-refractivity contribution >= 4 is 5.91 Å². The van der Waals surface area contributed by atoms with E-state index in [9.17, 15) is 23.1 Å². The lowest BCUT2D eigenvalue weighted by Gasteiger charge is -2.22. The molecule has 0 unspecified atom stereocenters. The topological polar surface area (TPSA) is 88.7 Å². The van der Waals surface area contributed by atoms with Crippen molar-refractivity contribution < 1.29 is 27.8 Å². The van der Waals surface area contributed by atoms with Gasteiger partial charge < -0.3 is 15.6 Å². The molecule has 0 atom stereocenters. The third-order valence-corrected chi connectivity index (χ3v) is 5.02. The van der Waals surface area contributed by atoms with E-state index in [0.717, 1.165) is 17.7 Å². The van der Waals surface area contributed by atoms with Gasteiger partial charge >= 0.3 is 6.18 Å². The Morgan fingerprint density at radius 3 is 2.45 bits per heavy atom. The fourth-order valence-corrected chi connectivity index (χ4v) is 3.26. The van der Waals surface area contributed by atoms with Crippen molar-refractivity contribution in [1.29, 1.82) is 0 Å². The number of likely N-dealkylation sites (N-methyl/N-ethyl adjacent to an activating group) is 1. The molecule has 0 spiro atoms. The zero-order valence-corrected chi connectivity index (χ0v) is 18.0. The van der Waals surface area contributed by atoms with E-state index < -0.39 is 17.6 Å². The molecule has 1 amide bonds. The molecule has 0 aliphatic rings. The summed E-state index contributed by atoms with van der Waals surface area (Å²) in [6.45, 7) is 2.85. The number of alkyl halides is 3. The molecule has 174 valence electrons. The molecule has 1 aromatic heterocycles. The van der Waals surface area contributed by atoms with Crippen LogP contribution in [-0.2, 0) is 12.7 Å². The first-order valence-electron chi connectivity index (χ1n) is 10.3. The molecule has 0 bridgehead atoms. The SMILES string of the molecule is CCN(CCO)Cc1cc(C(F)(F)F)ccc1Oc1ccc(-c2cccc(C(N)=O)n2)cc1. The normalized spacial score (nSPS) is 11.6. The maximum absolute atomic E-state index is 13.2. The molecular formula is C24H24F3N3O3. The molecule has 9 heteroatoms. The molecule has 3 N–H and O–H groups in total. The molecule has 33 heavy (non-hydrogen) atoms. The molecule has 3 rings (SSSR count). The number of aromatic nitrogens is 1. The van der Waals surface area contributed by atoms with Crippen LogP contribution in [0.1, 0.15) is 28.5 Å². The summed E-state index contributed by atoms with van der Waals surface area (Å²) in [6.07, 6.45) is -4.48. The van der Waals surface area contributed by atoms with Gasteiger partial charge in [0, 0.05) is 24.2 Å². The summed E-state index contributed by atoms with van der Waals surface area (Å²) in [7, 11) is 0. The maximum Gasteiger partial charge on any atom is 0.416 e. The molecule has 0 aliphatic carbocycles. The second kappa shape index (κ2) is 10.5. The summed E-state index contributed by atoms with van der Waals surface area (Å²) >= 11 is 0. The van der Waals surface area contributed by atoms with E-state index in [1.165, 1.54) is 12.1 Å². The number of rotatable bonds is 9. The van der Waals surface area contributed by atoms with Crippen LogP contribution in [0.15, 0.2) is 60.7 Å². The first kappa shape index (κ1) is 24.2. The van der Waals surface area contributed by atoms with Crippen LogP contribution in [0.3, 0.4) is 0 Å². The Hall–Kier alpha value is -3.43. The lowest BCUT2D eigenvalue weighted by Crippen LogP contribution is -2.26. The van der Waals surface area contributed by atoms with Gasteiger partial charge in [-0.25, -0.2) is 4.98 Å². The minimum absolute atomic E-state index is 0.102. The van der Waals surface area contributed by atoms with Crippen LogP contribution in [0.25, 0.3) is 11.3 Å². The number of ether oxygens (including phenoxy) is 1. The predicted octanol–water partition coefficient (Wildman–Crippen LogP) is 4.47. The Kier molecular flexibility index (Phi) is 7.67. The lowest BCUT2D eigenvalue weighted by atomic mass is 10.1. The van der Waals surface area contributed by atoms with Crippen molar-refractivity contribution in [2.24, 2.45) is 5.73 Å². The molecular weight excluding hydrogens is 435 g/mol. The predicted molar refractivity (Wildman–Crippen MR) is 118 cm³/mol. The van der Waals surface area contributed by atoms with E-state index in [0.29, 0.717) is 35.8 Å². The molecule has 2 aromatic carbocycles. The van der Waals surface area contributed by atoms with Gasteiger partial charge in [0.2, 0.25) is 0 Å². The van der Waals surface area contributed by atoms with Gasteiger partial charge in [0.25, 0.3) is 5.91 Å². The number of hydrogen-bond donors (Lipinski definition) is 2. The minimum atomic E-state index is -4.48. The zero-order chi connectivity index (χ0) is 24.0. The van der Waals surface area contributed by atoms with Crippen LogP contribution in [-0.4, -0.2) is 40.6 Å². The number of amides is 1. The van der Waals surface area contributed by atoms with Crippen LogP contribution >= 0.6 is 0 Å². The number of aliphatic hydroxyl groups excluding tert-OH is 1. The Balaban J connectivity index is 1.87. The van der Waals surface area contributed by atoms with Crippen molar-refractivity contribution in [2.75, 3.05) is 19.7 Å². The summed E-state index contributed by atoms with van der Waals surface area (Å²) < 4.78 is 45.6. The molecule has 0 saturated heterocycles.